The van der Waals surface area contributed by atoms with Gasteiger partial charge in [-0.25, -0.2) is 0 Å². The van der Waals surface area contributed by atoms with Crippen molar-refractivity contribution >= 4 is 0 Å². The van der Waals surface area contributed by atoms with Gasteiger partial charge in [0.05, 0.1) is 5.69 Å². The van der Waals surface area contributed by atoms with Crippen LogP contribution in [0.1, 0.15) is 42.1 Å². The van der Waals surface area contributed by atoms with Crippen LogP contribution in [0.4, 0.5) is 0 Å². The molecule has 2 N–H and O–H groups in total. The summed E-state index contributed by atoms with van der Waals surface area (Å²) in [5, 5.41) is 0. The molecule has 0 unspecified atom stereocenters. The van der Waals surface area contributed by atoms with Crippen molar-refractivity contribution in [1.82, 2.24) is 4.57 Å². The third kappa shape index (κ3) is 2.41. The molecular weight excluding hydrogens is 248 g/mol. The highest BCUT2D eigenvalue weighted by molar-refractivity contribution is 5.46. The van der Waals surface area contributed by atoms with Gasteiger partial charge in [0.25, 0.3) is 5.56 Å². The largest absolute Gasteiger partial charge is 0.326 e. The van der Waals surface area contributed by atoms with Crippen molar-refractivity contribution in [3.05, 3.63) is 63.1 Å². The van der Waals surface area contributed by atoms with E-state index < -0.39 is 0 Å². The molecule has 0 aliphatic carbocycles. The van der Waals surface area contributed by atoms with Gasteiger partial charge in [-0.3, -0.25) is 9.36 Å². The van der Waals surface area contributed by atoms with Crippen molar-refractivity contribution < 1.29 is 0 Å². The minimum absolute atomic E-state index is 0.00704. The topological polar surface area (TPSA) is 48.0 Å². The Balaban J connectivity index is 2.84. The van der Waals surface area contributed by atoms with E-state index in [1.807, 2.05) is 28.8 Å². The molecule has 0 saturated carbocycles. The lowest BCUT2D eigenvalue weighted by atomic mass is 10.0. The summed E-state index contributed by atoms with van der Waals surface area (Å²) in [5.41, 5.74) is 10.6. The highest BCUT2D eigenvalue weighted by Gasteiger charge is 2.14. The number of nitrogens with two attached hydrogens (primary N) is 1. The number of aryl methyl sites for hydroxylation is 1. The van der Waals surface area contributed by atoms with E-state index in [2.05, 4.69) is 33.8 Å². The average molecular weight is 270 g/mol. The highest BCUT2D eigenvalue weighted by Crippen LogP contribution is 2.22. The molecule has 0 fully saturated rings. The van der Waals surface area contributed by atoms with Crippen LogP contribution < -0.4 is 11.3 Å². The van der Waals surface area contributed by atoms with Crippen molar-refractivity contribution in [2.45, 2.75) is 40.2 Å². The molecule has 1 aromatic carbocycles. The summed E-state index contributed by atoms with van der Waals surface area (Å²) in [6.45, 7) is 8.57. The van der Waals surface area contributed by atoms with Crippen LogP contribution >= 0.6 is 0 Å². The van der Waals surface area contributed by atoms with Gasteiger partial charge in [-0.1, -0.05) is 32.0 Å². The molecule has 0 aliphatic rings. The first-order valence-electron chi connectivity index (χ1n) is 6.98. The summed E-state index contributed by atoms with van der Waals surface area (Å²) in [4.78, 5) is 12.7. The van der Waals surface area contributed by atoms with Crippen LogP contribution in [0.25, 0.3) is 5.69 Å². The van der Waals surface area contributed by atoms with Crippen molar-refractivity contribution in [3.63, 3.8) is 0 Å². The summed E-state index contributed by atoms with van der Waals surface area (Å²) in [7, 11) is 0. The van der Waals surface area contributed by atoms with Gasteiger partial charge in [0, 0.05) is 17.8 Å². The molecule has 1 heterocycles. The molecule has 1 aromatic heterocycles. The predicted octanol–water partition coefficient (Wildman–Crippen LogP) is 3.04. The Morgan fingerprint density at radius 3 is 2.45 bits per heavy atom. The van der Waals surface area contributed by atoms with Gasteiger partial charge < -0.3 is 5.73 Å². The maximum atomic E-state index is 12.7. The van der Waals surface area contributed by atoms with Crippen LogP contribution in [0.3, 0.4) is 0 Å². The summed E-state index contributed by atoms with van der Waals surface area (Å²) < 4.78 is 1.81. The number of nitrogens with zero attached hydrogens (tertiary/aromatic N) is 1. The lowest BCUT2D eigenvalue weighted by Gasteiger charge is -2.19. The van der Waals surface area contributed by atoms with Crippen molar-refractivity contribution in [1.29, 1.82) is 0 Å². The van der Waals surface area contributed by atoms with Crippen molar-refractivity contribution in [3.8, 4) is 5.69 Å². The maximum Gasteiger partial charge on any atom is 0.259 e. The van der Waals surface area contributed by atoms with Gasteiger partial charge in [0.15, 0.2) is 0 Å². The summed E-state index contributed by atoms with van der Waals surface area (Å²) >= 11 is 0. The summed E-state index contributed by atoms with van der Waals surface area (Å²) in [6, 6.07) is 9.90. The Morgan fingerprint density at radius 2 is 1.85 bits per heavy atom. The molecule has 0 bridgehead atoms. The first-order chi connectivity index (χ1) is 9.47. The molecule has 106 valence electrons. The van der Waals surface area contributed by atoms with E-state index in [0.717, 1.165) is 16.9 Å². The van der Waals surface area contributed by atoms with Crippen molar-refractivity contribution in [2.75, 3.05) is 0 Å². The van der Waals surface area contributed by atoms with Gasteiger partial charge in [0.1, 0.15) is 0 Å². The molecule has 2 rings (SSSR count). The monoisotopic (exact) mass is 270 g/mol. The third-order valence-corrected chi connectivity index (χ3v) is 3.82. The Labute approximate surface area is 120 Å². The number of rotatable bonds is 3. The van der Waals surface area contributed by atoms with Gasteiger partial charge in [-0.05, 0) is 43.0 Å². The van der Waals surface area contributed by atoms with E-state index >= 15 is 0 Å². The second-order valence-corrected chi connectivity index (χ2v) is 5.50. The minimum Gasteiger partial charge on any atom is -0.326 e. The quantitative estimate of drug-likeness (QED) is 0.932. The van der Waals surface area contributed by atoms with Crippen LogP contribution in [0.5, 0.6) is 0 Å². The van der Waals surface area contributed by atoms with E-state index in [-0.39, 0.29) is 18.0 Å². The van der Waals surface area contributed by atoms with E-state index in [0.29, 0.717) is 5.56 Å². The first kappa shape index (κ1) is 14.5. The number of hydrogen-bond donors (Lipinski definition) is 1. The van der Waals surface area contributed by atoms with Crippen molar-refractivity contribution in [2.24, 2.45) is 5.73 Å². The van der Waals surface area contributed by atoms with E-state index in [1.165, 1.54) is 5.56 Å². The molecule has 20 heavy (non-hydrogen) atoms. The van der Waals surface area contributed by atoms with Gasteiger partial charge in [-0.2, -0.15) is 0 Å². The molecule has 2 aromatic rings. The molecular formula is C17H22N2O. The summed E-state index contributed by atoms with van der Waals surface area (Å²) in [5.74, 6) is 0.273. The zero-order valence-corrected chi connectivity index (χ0v) is 12.6. The average Bonchev–Trinajstić information content (AvgIpc) is 2.42. The van der Waals surface area contributed by atoms with Crippen LogP contribution in [0, 0.1) is 13.8 Å². The lowest BCUT2D eigenvalue weighted by Crippen LogP contribution is -2.27. The Morgan fingerprint density at radius 1 is 1.15 bits per heavy atom. The van der Waals surface area contributed by atoms with Gasteiger partial charge in [-0.15, -0.1) is 0 Å². The lowest BCUT2D eigenvalue weighted by molar-refractivity contribution is 0.747. The number of benzene rings is 1. The number of hydrogen-bond acceptors (Lipinski definition) is 2. The zero-order valence-electron chi connectivity index (χ0n) is 12.6. The van der Waals surface area contributed by atoms with Crippen LogP contribution in [-0.4, -0.2) is 4.57 Å². The van der Waals surface area contributed by atoms with Gasteiger partial charge >= 0.3 is 0 Å². The fraction of sp³-hybridized carbons (Fsp3) is 0.353. The second kappa shape index (κ2) is 5.63. The van der Waals surface area contributed by atoms with E-state index in [1.54, 1.807) is 0 Å². The summed E-state index contributed by atoms with van der Waals surface area (Å²) in [6.07, 6.45) is 0. The molecule has 0 radical (unpaired) electrons. The normalized spacial score (nSPS) is 11.1. The van der Waals surface area contributed by atoms with Crippen LogP contribution in [0.2, 0.25) is 0 Å². The Hall–Kier alpha value is -1.87. The first-order valence-corrected chi connectivity index (χ1v) is 6.98. The third-order valence-electron chi connectivity index (χ3n) is 3.82. The zero-order chi connectivity index (χ0) is 14.9. The highest BCUT2D eigenvalue weighted by atomic mass is 16.1. The number of pyridine rings is 1. The smallest absolute Gasteiger partial charge is 0.259 e. The van der Waals surface area contributed by atoms with E-state index in [9.17, 15) is 4.79 Å². The molecule has 0 amide bonds. The Bertz CT molecular complexity index is 684. The molecule has 0 saturated heterocycles. The van der Waals surface area contributed by atoms with Gasteiger partial charge in [0.2, 0.25) is 0 Å². The SMILES string of the molecule is Cc1cccc(-n2c(C(C)C)ccc(CN)c2=O)c1C. The minimum atomic E-state index is -0.00704. The molecule has 0 spiro atoms. The maximum absolute atomic E-state index is 12.7. The standard InChI is InChI=1S/C17H22N2O/c1-11(2)15-9-8-14(10-18)17(20)19(15)16-7-5-6-12(3)13(16)4/h5-9,11H,10,18H2,1-4H3. The molecule has 0 aliphatic heterocycles. The van der Waals surface area contributed by atoms with E-state index in [4.69, 9.17) is 5.73 Å². The molecule has 3 nitrogen and oxygen atoms in total. The van der Waals surface area contributed by atoms with Crippen LogP contribution in [-0.2, 0) is 6.54 Å². The predicted molar refractivity (Wildman–Crippen MR) is 83.5 cm³/mol. The second-order valence-electron chi connectivity index (χ2n) is 5.50. The van der Waals surface area contributed by atoms with Crippen LogP contribution in [0.15, 0.2) is 35.1 Å². The molecule has 0 atom stereocenters. The molecule has 3 heteroatoms. The Kier molecular flexibility index (Phi) is 4.09. The number of aromatic nitrogens is 1. The fourth-order valence-corrected chi connectivity index (χ4v) is 2.42. The fourth-order valence-electron chi connectivity index (χ4n) is 2.42.